The molecule has 0 aromatic heterocycles. The zero-order valence-electron chi connectivity index (χ0n) is 13.3. The topological polar surface area (TPSA) is 52.7 Å². The van der Waals surface area contributed by atoms with E-state index in [9.17, 15) is 14.0 Å². The minimum absolute atomic E-state index is 0.00905. The standard InChI is InChI=1S/C16H21BrFN3O2/c1-11(2)16(23)21-7-5-20(6-8-21)10-15(22)19-14-4-3-12(17)9-13(14)18/h3-4,9,11H,5-8,10H2,1-2H3,(H,19,22). The molecule has 7 heteroatoms. The Morgan fingerprint density at radius 2 is 1.91 bits per heavy atom. The first-order valence-electron chi connectivity index (χ1n) is 7.63. The molecule has 0 bridgehead atoms. The van der Waals surface area contributed by atoms with E-state index in [4.69, 9.17) is 0 Å². The van der Waals surface area contributed by atoms with Crippen LogP contribution in [0.2, 0.25) is 0 Å². The van der Waals surface area contributed by atoms with Gasteiger partial charge in [0.25, 0.3) is 0 Å². The van der Waals surface area contributed by atoms with Crippen LogP contribution in [0.5, 0.6) is 0 Å². The molecule has 2 rings (SSSR count). The first kappa shape index (κ1) is 17.9. The third kappa shape index (κ3) is 5.00. The van der Waals surface area contributed by atoms with E-state index in [0.717, 1.165) is 0 Å². The van der Waals surface area contributed by atoms with Gasteiger partial charge in [0.15, 0.2) is 0 Å². The second-order valence-corrected chi connectivity index (χ2v) is 6.84. The van der Waals surface area contributed by atoms with Crippen LogP contribution in [0.3, 0.4) is 0 Å². The van der Waals surface area contributed by atoms with Crippen molar-refractivity contribution < 1.29 is 14.0 Å². The summed E-state index contributed by atoms with van der Waals surface area (Å²) in [6.07, 6.45) is 0. The summed E-state index contributed by atoms with van der Waals surface area (Å²) in [5.41, 5.74) is 0.173. The van der Waals surface area contributed by atoms with E-state index in [1.165, 1.54) is 12.1 Å². The number of nitrogens with one attached hydrogen (secondary N) is 1. The highest BCUT2D eigenvalue weighted by Gasteiger charge is 2.23. The van der Waals surface area contributed by atoms with E-state index in [1.807, 2.05) is 23.6 Å². The summed E-state index contributed by atoms with van der Waals surface area (Å²) in [7, 11) is 0. The molecule has 0 radical (unpaired) electrons. The lowest BCUT2D eigenvalue weighted by molar-refractivity contribution is -0.136. The molecule has 1 aliphatic rings. The maximum atomic E-state index is 13.7. The predicted octanol–water partition coefficient (Wildman–Crippen LogP) is 2.33. The molecule has 126 valence electrons. The summed E-state index contributed by atoms with van der Waals surface area (Å²) in [4.78, 5) is 27.7. The number of hydrogen-bond acceptors (Lipinski definition) is 3. The van der Waals surface area contributed by atoms with E-state index in [1.54, 1.807) is 6.07 Å². The van der Waals surface area contributed by atoms with Gasteiger partial charge in [-0.3, -0.25) is 14.5 Å². The monoisotopic (exact) mass is 385 g/mol. The van der Waals surface area contributed by atoms with Gasteiger partial charge in [0.1, 0.15) is 5.82 Å². The van der Waals surface area contributed by atoms with Crippen molar-refractivity contribution in [2.45, 2.75) is 13.8 Å². The highest BCUT2D eigenvalue weighted by atomic mass is 79.9. The summed E-state index contributed by atoms with van der Waals surface area (Å²) in [6, 6.07) is 4.51. The van der Waals surface area contributed by atoms with Crippen molar-refractivity contribution in [2.75, 3.05) is 38.0 Å². The molecule has 1 heterocycles. The summed E-state index contributed by atoms with van der Waals surface area (Å²) in [6.45, 7) is 6.50. The van der Waals surface area contributed by atoms with Gasteiger partial charge in [-0.1, -0.05) is 29.8 Å². The van der Waals surface area contributed by atoms with Gasteiger partial charge in [-0.05, 0) is 18.2 Å². The summed E-state index contributed by atoms with van der Waals surface area (Å²) in [5.74, 6) is -0.591. The number of anilines is 1. The Hall–Kier alpha value is -1.47. The summed E-state index contributed by atoms with van der Waals surface area (Å²) in [5, 5.41) is 2.58. The lowest BCUT2D eigenvalue weighted by atomic mass is 10.1. The smallest absolute Gasteiger partial charge is 0.238 e. The largest absolute Gasteiger partial charge is 0.340 e. The fourth-order valence-corrected chi connectivity index (χ4v) is 2.81. The molecule has 1 aliphatic heterocycles. The molecule has 0 unspecified atom stereocenters. The molecule has 2 amide bonds. The van der Waals surface area contributed by atoms with Crippen molar-refractivity contribution in [1.29, 1.82) is 0 Å². The van der Waals surface area contributed by atoms with Gasteiger partial charge < -0.3 is 10.2 Å². The van der Waals surface area contributed by atoms with Crippen LogP contribution < -0.4 is 5.32 Å². The fourth-order valence-electron chi connectivity index (χ4n) is 2.48. The Labute approximate surface area is 144 Å². The Morgan fingerprint density at radius 3 is 2.48 bits per heavy atom. The Balaban J connectivity index is 1.82. The Morgan fingerprint density at radius 1 is 1.26 bits per heavy atom. The van der Waals surface area contributed by atoms with Crippen molar-refractivity contribution in [1.82, 2.24) is 9.80 Å². The highest BCUT2D eigenvalue weighted by molar-refractivity contribution is 9.10. The van der Waals surface area contributed by atoms with Gasteiger partial charge in [-0.2, -0.15) is 0 Å². The minimum atomic E-state index is -0.472. The zero-order valence-corrected chi connectivity index (χ0v) is 14.9. The molecule has 0 atom stereocenters. The number of hydrogen-bond donors (Lipinski definition) is 1. The molecule has 1 aromatic rings. The van der Waals surface area contributed by atoms with Crippen LogP contribution in [0.25, 0.3) is 0 Å². The normalized spacial score (nSPS) is 15.8. The predicted molar refractivity (Wildman–Crippen MR) is 90.6 cm³/mol. The average Bonchev–Trinajstić information content (AvgIpc) is 2.50. The second-order valence-electron chi connectivity index (χ2n) is 5.93. The number of amides is 2. The number of carbonyl (C=O) groups excluding carboxylic acids is 2. The summed E-state index contributed by atoms with van der Waals surface area (Å²) < 4.78 is 14.3. The highest BCUT2D eigenvalue weighted by Crippen LogP contribution is 2.19. The van der Waals surface area contributed by atoms with Gasteiger partial charge in [0.05, 0.1) is 12.2 Å². The third-order valence-electron chi connectivity index (χ3n) is 3.75. The number of halogens is 2. The maximum Gasteiger partial charge on any atom is 0.238 e. The molecule has 0 spiro atoms. The van der Waals surface area contributed by atoms with Crippen LogP contribution in [0.1, 0.15) is 13.8 Å². The molecule has 23 heavy (non-hydrogen) atoms. The second kappa shape index (κ2) is 7.88. The number of piperazine rings is 1. The molecule has 5 nitrogen and oxygen atoms in total. The van der Waals surface area contributed by atoms with Crippen LogP contribution >= 0.6 is 15.9 Å². The molecule has 0 saturated carbocycles. The third-order valence-corrected chi connectivity index (χ3v) is 4.24. The van der Waals surface area contributed by atoms with Crippen molar-refractivity contribution in [2.24, 2.45) is 5.92 Å². The molecule has 1 N–H and O–H groups in total. The van der Waals surface area contributed by atoms with Crippen molar-refractivity contribution in [3.63, 3.8) is 0 Å². The van der Waals surface area contributed by atoms with Gasteiger partial charge >= 0.3 is 0 Å². The van der Waals surface area contributed by atoms with Gasteiger partial charge in [-0.25, -0.2) is 4.39 Å². The van der Waals surface area contributed by atoms with E-state index in [0.29, 0.717) is 30.7 Å². The fraction of sp³-hybridized carbons (Fsp3) is 0.500. The lowest BCUT2D eigenvalue weighted by Gasteiger charge is -2.35. The number of benzene rings is 1. The van der Waals surface area contributed by atoms with E-state index in [-0.39, 0.29) is 30.0 Å². The molecular formula is C16H21BrFN3O2. The van der Waals surface area contributed by atoms with Crippen LogP contribution in [-0.2, 0) is 9.59 Å². The lowest BCUT2D eigenvalue weighted by Crippen LogP contribution is -2.51. The van der Waals surface area contributed by atoms with Crippen molar-refractivity contribution in [3.8, 4) is 0 Å². The van der Waals surface area contributed by atoms with Gasteiger partial charge in [0.2, 0.25) is 11.8 Å². The van der Waals surface area contributed by atoms with E-state index in [2.05, 4.69) is 21.2 Å². The number of rotatable bonds is 4. The van der Waals surface area contributed by atoms with Crippen LogP contribution in [0.4, 0.5) is 10.1 Å². The first-order chi connectivity index (χ1) is 10.9. The average molecular weight is 386 g/mol. The molecule has 0 aliphatic carbocycles. The summed E-state index contributed by atoms with van der Waals surface area (Å²) >= 11 is 3.18. The number of carbonyl (C=O) groups is 2. The molecule has 1 aromatic carbocycles. The van der Waals surface area contributed by atoms with Gasteiger partial charge in [-0.15, -0.1) is 0 Å². The maximum absolute atomic E-state index is 13.7. The quantitative estimate of drug-likeness (QED) is 0.865. The van der Waals surface area contributed by atoms with E-state index < -0.39 is 5.82 Å². The van der Waals surface area contributed by atoms with Crippen molar-refractivity contribution >= 4 is 33.4 Å². The van der Waals surface area contributed by atoms with Crippen LogP contribution in [0.15, 0.2) is 22.7 Å². The van der Waals surface area contributed by atoms with Crippen molar-refractivity contribution in [3.05, 3.63) is 28.5 Å². The first-order valence-corrected chi connectivity index (χ1v) is 8.42. The zero-order chi connectivity index (χ0) is 17.0. The SMILES string of the molecule is CC(C)C(=O)N1CCN(CC(=O)Nc2ccc(Br)cc2F)CC1. The molecule has 1 saturated heterocycles. The van der Waals surface area contributed by atoms with E-state index >= 15 is 0 Å². The van der Waals surface area contributed by atoms with Crippen LogP contribution in [-0.4, -0.2) is 54.3 Å². The molecular weight excluding hydrogens is 365 g/mol. The Bertz CT molecular complexity index is 587. The number of nitrogens with zero attached hydrogens (tertiary/aromatic N) is 2. The molecule has 1 fully saturated rings. The van der Waals surface area contributed by atoms with Crippen LogP contribution in [0, 0.1) is 11.7 Å². The van der Waals surface area contributed by atoms with Gasteiger partial charge in [0, 0.05) is 36.6 Å². The minimum Gasteiger partial charge on any atom is -0.340 e. The Kier molecular flexibility index (Phi) is 6.12.